The summed E-state index contributed by atoms with van der Waals surface area (Å²) in [6.45, 7) is 0.0564. The molecule has 3 aromatic rings. The van der Waals surface area contributed by atoms with Gasteiger partial charge in [-0.15, -0.1) is 4.83 Å². The first-order valence-corrected chi connectivity index (χ1v) is 9.88. The van der Waals surface area contributed by atoms with E-state index in [1.54, 1.807) is 59.3 Å². The highest BCUT2D eigenvalue weighted by atomic mass is 79.9. The smallest absolute Gasteiger partial charge is 0.272 e. The van der Waals surface area contributed by atoms with E-state index in [4.69, 9.17) is 0 Å². The number of amides is 1. The number of benzene rings is 2. The first kappa shape index (κ1) is 22.4. The van der Waals surface area contributed by atoms with Crippen molar-refractivity contribution in [2.45, 2.75) is 11.4 Å². The second kappa shape index (κ2) is 10.1. The van der Waals surface area contributed by atoms with Crippen molar-refractivity contribution in [2.24, 2.45) is 0 Å². The molecular weight excluding hydrogens is 458 g/mol. The summed E-state index contributed by atoms with van der Waals surface area (Å²) in [5, 5.41) is 0. The molecule has 0 aliphatic heterocycles. The molecule has 1 aromatic heterocycles. The number of nitrogens with one attached hydrogen (secondary N) is 2. The molecule has 150 valence electrons. The number of nitrogens with zero attached hydrogens (tertiary/aromatic N) is 1. The third-order valence-corrected chi connectivity index (χ3v) is 5.16. The molecule has 9 heteroatoms. The van der Waals surface area contributed by atoms with Crippen molar-refractivity contribution < 1.29 is 39.6 Å². The Hall–Kier alpha value is -2.88. The molecule has 0 radical (unpaired) electrons. The zero-order chi connectivity index (χ0) is 20.0. The number of rotatable bonds is 7. The van der Waals surface area contributed by atoms with Gasteiger partial charge in [0.25, 0.3) is 15.9 Å². The van der Waals surface area contributed by atoms with Crippen LogP contribution in [0.25, 0.3) is 0 Å². The minimum Gasteiger partial charge on any atom is -1.00 e. The quantitative estimate of drug-likeness (QED) is 0.246. The Morgan fingerprint density at radius 2 is 1.41 bits per heavy atom. The molecule has 0 unspecified atom stereocenters. The predicted molar refractivity (Wildman–Crippen MR) is 102 cm³/mol. The fraction of sp³-hybridized carbons (Fsp3) is 0.0500. The first-order chi connectivity index (χ1) is 13.5. The van der Waals surface area contributed by atoms with Gasteiger partial charge in [-0.25, -0.2) is 8.42 Å². The van der Waals surface area contributed by atoms with E-state index in [2.05, 4.69) is 10.3 Å². The summed E-state index contributed by atoms with van der Waals surface area (Å²) in [6, 6.07) is 19.6. The molecule has 0 aliphatic carbocycles. The van der Waals surface area contributed by atoms with Crippen LogP contribution >= 0.6 is 0 Å². The van der Waals surface area contributed by atoms with Crippen LogP contribution in [-0.2, 0) is 16.6 Å². The molecule has 0 bridgehead atoms. The van der Waals surface area contributed by atoms with Crippen molar-refractivity contribution in [2.75, 3.05) is 0 Å². The van der Waals surface area contributed by atoms with Gasteiger partial charge in [0, 0.05) is 11.6 Å². The number of carbonyl (C=O) groups excluding carboxylic acids is 2. The summed E-state index contributed by atoms with van der Waals surface area (Å²) in [5.74, 6) is -0.742. The molecule has 0 fully saturated rings. The number of hydrogen-bond acceptors (Lipinski definition) is 4. The Morgan fingerprint density at radius 1 is 0.828 bits per heavy atom. The van der Waals surface area contributed by atoms with E-state index in [-0.39, 0.29) is 39.8 Å². The molecule has 0 spiro atoms. The minimum atomic E-state index is -3.87. The van der Waals surface area contributed by atoms with Crippen LogP contribution in [0.5, 0.6) is 0 Å². The number of hydrogen-bond donors (Lipinski definition) is 2. The van der Waals surface area contributed by atoms with Crippen molar-refractivity contribution in [3.8, 4) is 0 Å². The highest BCUT2D eigenvalue weighted by molar-refractivity contribution is 7.89. The fourth-order valence-corrected chi connectivity index (χ4v) is 3.34. The van der Waals surface area contributed by atoms with Gasteiger partial charge in [-0.3, -0.25) is 15.0 Å². The van der Waals surface area contributed by atoms with Gasteiger partial charge >= 0.3 is 0 Å². The Morgan fingerprint density at radius 3 is 2.07 bits per heavy atom. The van der Waals surface area contributed by atoms with E-state index in [9.17, 15) is 18.0 Å². The van der Waals surface area contributed by atoms with E-state index >= 15 is 0 Å². The van der Waals surface area contributed by atoms with Crippen LogP contribution in [-0.4, -0.2) is 20.1 Å². The standard InChI is InChI=1S/C20H17N3O4S.BrH/c24-19(16-8-3-1-4-9-16)15-23-13-7-10-17(14-23)20(25)21-22-28(26,27)18-11-5-2-6-12-18;/h1-14,22H,15H2;1H. The third kappa shape index (κ3) is 6.05. The number of ketones is 1. The van der Waals surface area contributed by atoms with Gasteiger partial charge in [0.2, 0.25) is 12.3 Å². The highest BCUT2D eigenvalue weighted by Gasteiger charge is 2.18. The average molecular weight is 476 g/mol. The SMILES string of the molecule is O=C(C[n+]1cccc(C(=O)NNS(=O)(=O)c2ccccc2)c1)c1ccccc1.[Br-]. The zero-order valence-electron chi connectivity index (χ0n) is 15.2. The van der Waals surface area contributed by atoms with E-state index in [0.29, 0.717) is 5.56 Å². The van der Waals surface area contributed by atoms with Crippen LogP contribution in [0, 0.1) is 0 Å². The lowest BCUT2D eigenvalue weighted by Gasteiger charge is -2.08. The molecule has 29 heavy (non-hydrogen) atoms. The summed E-state index contributed by atoms with van der Waals surface area (Å²) in [7, 11) is -3.87. The van der Waals surface area contributed by atoms with Crippen molar-refractivity contribution in [3.05, 3.63) is 96.3 Å². The summed E-state index contributed by atoms with van der Waals surface area (Å²) in [6.07, 6.45) is 3.14. The van der Waals surface area contributed by atoms with E-state index in [0.717, 1.165) is 0 Å². The Bertz CT molecular complexity index is 1090. The molecule has 1 amide bonds. The van der Waals surface area contributed by atoms with Crippen LogP contribution in [0.1, 0.15) is 20.7 Å². The summed E-state index contributed by atoms with van der Waals surface area (Å²) < 4.78 is 25.9. The largest absolute Gasteiger partial charge is 1.00 e. The Balaban J connectivity index is 0.00000300. The van der Waals surface area contributed by atoms with Crippen molar-refractivity contribution in [3.63, 3.8) is 0 Å². The average Bonchev–Trinajstić information content (AvgIpc) is 2.73. The van der Waals surface area contributed by atoms with Gasteiger partial charge in [0.15, 0.2) is 12.4 Å². The number of halogens is 1. The van der Waals surface area contributed by atoms with Crippen LogP contribution in [0.15, 0.2) is 90.1 Å². The predicted octanol–water partition coefficient (Wildman–Crippen LogP) is -1.52. The Kier molecular flexibility index (Phi) is 7.77. The topological polar surface area (TPSA) is 96.2 Å². The van der Waals surface area contributed by atoms with Crippen LogP contribution < -0.4 is 31.8 Å². The van der Waals surface area contributed by atoms with E-state index in [1.807, 2.05) is 6.07 Å². The van der Waals surface area contributed by atoms with Crippen molar-refractivity contribution in [1.82, 2.24) is 10.3 Å². The number of aromatic nitrogens is 1. The second-order valence-electron chi connectivity index (χ2n) is 5.93. The maximum absolute atomic E-state index is 12.3. The van der Waals surface area contributed by atoms with Gasteiger partial charge < -0.3 is 17.0 Å². The number of pyridine rings is 1. The van der Waals surface area contributed by atoms with Gasteiger partial charge in [-0.2, -0.15) is 4.57 Å². The monoisotopic (exact) mass is 475 g/mol. The highest BCUT2D eigenvalue weighted by Crippen LogP contribution is 2.06. The number of carbonyl (C=O) groups is 2. The maximum Gasteiger partial charge on any atom is 0.272 e. The lowest BCUT2D eigenvalue weighted by atomic mass is 10.1. The first-order valence-electron chi connectivity index (χ1n) is 8.40. The third-order valence-electron chi connectivity index (χ3n) is 3.89. The summed E-state index contributed by atoms with van der Waals surface area (Å²) in [5.41, 5.74) is 2.95. The molecule has 1 heterocycles. The van der Waals surface area contributed by atoms with Gasteiger partial charge in [-0.05, 0) is 18.2 Å². The van der Waals surface area contributed by atoms with Crippen LogP contribution in [0.4, 0.5) is 0 Å². The lowest BCUT2D eigenvalue weighted by Crippen LogP contribution is -3.00. The van der Waals surface area contributed by atoms with Crippen LogP contribution in [0.3, 0.4) is 0 Å². The normalized spacial score (nSPS) is 10.6. The van der Waals surface area contributed by atoms with Gasteiger partial charge in [0.05, 0.1) is 4.90 Å². The van der Waals surface area contributed by atoms with Crippen molar-refractivity contribution >= 4 is 21.7 Å². The second-order valence-corrected chi connectivity index (χ2v) is 7.61. The number of Topliss-reactive ketones (excluding diaryl/α,β-unsaturated/α-hetero) is 1. The van der Waals surface area contributed by atoms with Crippen molar-refractivity contribution in [1.29, 1.82) is 0 Å². The zero-order valence-corrected chi connectivity index (χ0v) is 17.6. The maximum atomic E-state index is 12.3. The molecule has 0 atom stereocenters. The molecule has 0 saturated carbocycles. The lowest BCUT2D eigenvalue weighted by molar-refractivity contribution is -0.683. The van der Waals surface area contributed by atoms with E-state index < -0.39 is 15.9 Å². The number of sulfonamides is 1. The fourth-order valence-electron chi connectivity index (χ4n) is 2.48. The van der Waals surface area contributed by atoms with E-state index in [1.165, 1.54) is 24.4 Å². The van der Waals surface area contributed by atoms with Gasteiger partial charge in [0.1, 0.15) is 5.56 Å². The number of hydrazine groups is 1. The molecular formula is C20H18BrN3O4S. The van der Waals surface area contributed by atoms with Gasteiger partial charge in [-0.1, -0.05) is 48.5 Å². The molecule has 3 rings (SSSR count). The minimum absolute atomic E-state index is 0. The Labute approximate surface area is 179 Å². The molecule has 7 nitrogen and oxygen atoms in total. The van der Waals surface area contributed by atoms with Crippen LogP contribution in [0.2, 0.25) is 0 Å². The summed E-state index contributed by atoms with van der Waals surface area (Å²) in [4.78, 5) is 26.7. The molecule has 0 saturated heterocycles. The molecule has 2 N–H and O–H groups in total. The molecule has 2 aromatic carbocycles. The summed E-state index contributed by atoms with van der Waals surface area (Å²) >= 11 is 0. The molecule has 0 aliphatic rings.